The summed E-state index contributed by atoms with van der Waals surface area (Å²) in [5.74, 6) is 2.15. The van der Waals surface area contributed by atoms with Crippen LogP contribution in [0.25, 0.3) is 0 Å². The Labute approximate surface area is 101 Å². The van der Waals surface area contributed by atoms with Gasteiger partial charge in [0.25, 0.3) is 0 Å². The molecule has 0 aromatic carbocycles. The fourth-order valence-electron chi connectivity index (χ4n) is 2.20. The lowest BCUT2D eigenvalue weighted by Crippen LogP contribution is -2.13. The number of ether oxygens (including phenoxy) is 1. The number of halogens is 1. The molecule has 5 heteroatoms. The van der Waals surface area contributed by atoms with Gasteiger partial charge in [0.1, 0.15) is 11.9 Å². The molecule has 1 aliphatic rings. The topological polar surface area (TPSA) is 39.9 Å². The number of hydrogen-bond acceptors (Lipinski definition) is 3. The minimum atomic E-state index is 0.0851. The molecule has 0 amide bonds. The van der Waals surface area contributed by atoms with E-state index in [0.29, 0.717) is 18.0 Å². The number of aromatic nitrogens is 3. The third-order valence-electron chi connectivity index (χ3n) is 2.95. The van der Waals surface area contributed by atoms with Crippen molar-refractivity contribution in [3.05, 3.63) is 11.6 Å². The zero-order valence-electron chi connectivity index (χ0n) is 9.98. The zero-order valence-corrected chi connectivity index (χ0v) is 10.7. The number of hydrogen-bond donors (Lipinski definition) is 0. The van der Waals surface area contributed by atoms with Gasteiger partial charge >= 0.3 is 0 Å². The molecule has 2 atom stereocenters. The molecule has 4 nitrogen and oxygen atoms in total. The molecule has 0 aliphatic carbocycles. The highest BCUT2D eigenvalue weighted by Gasteiger charge is 2.29. The predicted molar refractivity (Wildman–Crippen MR) is 62.5 cm³/mol. The molecule has 0 bridgehead atoms. The highest BCUT2D eigenvalue weighted by atomic mass is 35.5. The lowest BCUT2D eigenvalue weighted by molar-refractivity contribution is 0.0472. The maximum Gasteiger partial charge on any atom is 0.162 e. The maximum atomic E-state index is 5.86. The Morgan fingerprint density at radius 3 is 2.69 bits per heavy atom. The largest absolute Gasteiger partial charge is 0.367 e. The van der Waals surface area contributed by atoms with Gasteiger partial charge in [-0.1, -0.05) is 0 Å². The monoisotopic (exact) mass is 243 g/mol. The minimum absolute atomic E-state index is 0.0851. The van der Waals surface area contributed by atoms with Crippen LogP contribution in [0.1, 0.15) is 57.4 Å². The Balaban J connectivity index is 2.30. The Bertz CT molecular complexity index is 364. The van der Waals surface area contributed by atoms with Crippen molar-refractivity contribution >= 4 is 11.6 Å². The third-order valence-corrected chi connectivity index (χ3v) is 3.19. The van der Waals surface area contributed by atoms with Crippen molar-refractivity contribution < 1.29 is 4.74 Å². The van der Waals surface area contributed by atoms with E-state index in [1.54, 1.807) is 0 Å². The van der Waals surface area contributed by atoms with Crippen molar-refractivity contribution in [2.75, 3.05) is 0 Å². The zero-order chi connectivity index (χ0) is 11.7. The molecule has 1 aliphatic heterocycles. The van der Waals surface area contributed by atoms with Crippen molar-refractivity contribution in [1.82, 2.24) is 14.8 Å². The predicted octanol–water partition coefficient (Wildman–Crippen LogP) is 2.84. The Morgan fingerprint density at radius 2 is 2.19 bits per heavy atom. The van der Waals surface area contributed by atoms with Gasteiger partial charge in [-0.3, -0.25) is 0 Å². The minimum Gasteiger partial charge on any atom is -0.367 e. The van der Waals surface area contributed by atoms with Gasteiger partial charge in [-0.2, -0.15) is 0 Å². The van der Waals surface area contributed by atoms with Gasteiger partial charge in [0.2, 0.25) is 0 Å². The van der Waals surface area contributed by atoms with Gasteiger partial charge in [-0.15, -0.1) is 21.8 Å². The molecule has 2 heterocycles. The first-order chi connectivity index (χ1) is 7.63. The lowest BCUT2D eigenvalue weighted by Gasteiger charge is -2.16. The first-order valence-electron chi connectivity index (χ1n) is 5.78. The standard InChI is InChI=1S/C11H18ClN3O/c1-7(2)15-10(6-12)13-14-11(15)9-5-4-8(3)16-9/h7-9H,4-6H2,1-3H3. The number of nitrogens with zero attached hydrogens (tertiary/aromatic N) is 3. The van der Waals surface area contributed by atoms with E-state index in [1.165, 1.54) is 0 Å². The molecule has 1 aromatic heterocycles. The molecule has 1 aromatic rings. The van der Waals surface area contributed by atoms with E-state index in [2.05, 4.69) is 35.5 Å². The summed E-state index contributed by atoms with van der Waals surface area (Å²) >= 11 is 5.86. The SMILES string of the molecule is CC1CCC(c2nnc(CCl)n2C(C)C)O1. The first-order valence-corrected chi connectivity index (χ1v) is 6.32. The second kappa shape index (κ2) is 4.72. The van der Waals surface area contributed by atoms with E-state index < -0.39 is 0 Å². The smallest absolute Gasteiger partial charge is 0.162 e. The average molecular weight is 244 g/mol. The third kappa shape index (κ3) is 2.09. The molecule has 90 valence electrons. The molecular weight excluding hydrogens is 226 g/mol. The molecule has 0 spiro atoms. The highest BCUT2D eigenvalue weighted by Crippen LogP contribution is 2.33. The fourth-order valence-corrected chi connectivity index (χ4v) is 2.39. The molecule has 0 radical (unpaired) electrons. The fraction of sp³-hybridized carbons (Fsp3) is 0.818. The van der Waals surface area contributed by atoms with Crippen LogP contribution in [0.15, 0.2) is 0 Å². The van der Waals surface area contributed by atoms with Crippen LogP contribution < -0.4 is 0 Å². The van der Waals surface area contributed by atoms with Crippen molar-refractivity contribution in [3.8, 4) is 0 Å². The summed E-state index contributed by atoms with van der Waals surface area (Å²) in [6.07, 6.45) is 2.52. The van der Waals surface area contributed by atoms with Gasteiger partial charge in [0, 0.05) is 6.04 Å². The van der Waals surface area contributed by atoms with Gasteiger partial charge in [0.05, 0.1) is 12.0 Å². The molecular formula is C11H18ClN3O. The summed E-state index contributed by atoms with van der Waals surface area (Å²) in [6.45, 7) is 6.32. The highest BCUT2D eigenvalue weighted by molar-refractivity contribution is 6.16. The van der Waals surface area contributed by atoms with Crippen LogP contribution in [-0.2, 0) is 10.6 Å². The molecule has 0 N–H and O–H groups in total. The van der Waals surface area contributed by atoms with Crippen molar-refractivity contribution in [2.24, 2.45) is 0 Å². The van der Waals surface area contributed by atoms with E-state index in [4.69, 9.17) is 16.3 Å². The van der Waals surface area contributed by atoms with E-state index >= 15 is 0 Å². The quantitative estimate of drug-likeness (QED) is 0.767. The van der Waals surface area contributed by atoms with Crippen LogP contribution in [0.5, 0.6) is 0 Å². The molecule has 16 heavy (non-hydrogen) atoms. The summed E-state index contributed by atoms with van der Waals surface area (Å²) in [6, 6.07) is 0.318. The summed E-state index contributed by atoms with van der Waals surface area (Å²) < 4.78 is 7.92. The van der Waals surface area contributed by atoms with Crippen LogP contribution in [0.4, 0.5) is 0 Å². The Kier molecular flexibility index (Phi) is 3.50. The molecule has 0 saturated carbocycles. The summed E-state index contributed by atoms with van der Waals surface area (Å²) in [5, 5.41) is 8.35. The average Bonchev–Trinajstić information content (AvgIpc) is 2.82. The molecule has 1 saturated heterocycles. The van der Waals surface area contributed by atoms with Gasteiger partial charge < -0.3 is 9.30 Å². The second-order valence-electron chi connectivity index (χ2n) is 4.58. The van der Waals surface area contributed by atoms with Gasteiger partial charge in [-0.25, -0.2) is 0 Å². The van der Waals surface area contributed by atoms with Crippen LogP contribution >= 0.6 is 11.6 Å². The summed E-state index contributed by atoms with van der Waals surface area (Å²) in [7, 11) is 0. The van der Waals surface area contributed by atoms with Crippen LogP contribution in [0.3, 0.4) is 0 Å². The van der Waals surface area contributed by atoms with E-state index in [0.717, 1.165) is 24.5 Å². The molecule has 2 rings (SSSR count). The van der Waals surface area contributed by atoms with Crippen molar-refractivity contribution in [2.45, 2.75) is 57.7 Å². The van der Waals surface area contributed by atoms with E-state index in [9.17, 15) is 0 Å². The van der Waals surface area contributed by atoms with Crippen molar-refractivity contribution in [1.29, 1.82) is 0 Å². The molecule has 2 unspecified atom stereocenters. The Morgan fingerprint density at radius 1 is 1.44 bits per heavy atom. The van der Waals surface area contributed by atoms with Crippen LogP contribution in [0, 0.1) is 0 Å². The Hall–Kier alpha value is -0.610. The summed E-state index contributed by atoms with van der Waals surface area (Å²) in [5.41, 5.74) is 0. The van der Waals surface area contributed by atoms with Crippen molar-refractivity contribution in [3.63, 3.8) is 0 Å². The first kappa shape index (κ1) is 11.9. The van der Waals surface area contributed by atoms with E-state index in [1.807, 2.05) is 0 Å². The van der Waals surface area contributed by atoms with Gasteiger partial charge in [-0.05, 0) is 33.6 Å². The van der Waals surface area contributed by atoms with Gasteiger partial charge in [0.15, 0.2) is 5.82 Å². The normalized spacial score (nSPS) is 25.6. The second-order valence-corrected chi connectivity index (χ2v) is 4.85. The number of rotatable bonds is 3. The lowest BCUT2D eigenvalue weighted by atomic mass is 10.2. The summed E-state index contributed by atoms with van der Waals surface area (Å²) in [4.78, 5) is 0. The van der Waals surface area contributed by atoms with E-state index in [-0.39, 0.29) is 6.10 Å². The van der Waals surface area contributed by atoms with Crippen LogP contribution in [-0.4, -0.2) is 20.9 Å². The maximum absolute atomic E-state index is 5.86. The molecule has 1 fully saturated rings. The van der Waals surface area contributed by atoms with Crippen LogP contribution in [0.2, 0.25) is 0 Å². The number of alkyl halides is 1.